The van der Waals surface area contributed by atoms with Crippen molar-refractivity contribution >= 4 is 17.8 Å². The van der Waals surface area contributed by atoms with E-state index in [0.29, 0.717) is 39.7 Å². The number of pyridine rings is 1. The van der Waals surface area contributed by atoms with Crippen LogP contribution in [0.5, 0.6) is 23.0 Å². The zero-order valence-corrected chi connectivity index (χ0v) is 17.5. The van der Waals surface area contributed by atoms with Crippen molar-refractivity contribution in [3.05, 3.63) is 82.9 Å². The molecule has 160 valence electrons. The molecule has 2 aromatic carbocycles. The van der Waals surface area contributed by atoms with E-state index in [2.05, 4.69) is 4.98 Å². The first-order valence-corrected chi connectivity index (χ1v) is 10.0. The Bertz CT molecular complexity index is 1260. The highest BCUT2D eigenvalue weighted by Gasteiger charge is 2.38. The number of benzene rings is 2. The molecule has 3 aromatic rings. The molecule has 1 aromatic heterocycles. The molecule has 0 fully saturated rings. The number of Topliss-reactive ketones (excluding diaryl/α,β-unsaturated/α-hetero) is 1. The van der Waals surface area contributed by atoms with Crippen LogP contribution in [0.15, 0.2) is 60.6 Å². The molecular weight excluding hydrogens is 410 g/mol. The average molecular weight is 429 g/mol. The first kappa shape index (κ1) is 19.8. The number of allylic oxidation sites excluding steroid dienone is 1. The summed E-state index contributed by atoms with van der Waals surface area (Å²) in [5.74, 6) is 1.13. The van der Waals surface area contributed by atoms with Gasteiger partial charge in [0, 0.05) is 29.4 Å². The van der Waals surface area contributed by atoms with Crippen LogP contribution in [0, 0.1) is 0 Å². The third kappa shape index (κ3) is 3.19. The predicted octanol–water partition coefficient (Wildman–Crippen LogP) is 4.16. The fraction of sp³-hybridized carbons (Fsp3) is 0.160. The molecule has 1 unspecified atom stereocenters. The second-order valence-corrected chi connectivity index (χ2v) is 7.39. The fourth-order valence-electron chi connectivity index (χ4n) is 4.15. The molecule has 2 aliphatic heterocycles. The van der Waals surface area contributed by atoms with E-state index in [1.807, 2.05) is 18.2 Å². The minimum Gasteiger partial charge on any atom is -0.493 e. The molecule has 3 heterocycles. The summed E-state index contributed by atoms with van der Waals surface area (Å²) in [6.45, 7) is 0. The fourth-order valence-corrected chi connectivity index (χ4v) is 4.15. The van der Waals surface area contributed by atoms with Gasteiger partial charge in [-0.3, -0.25) is 14.6 Å². The molecule has 7 nitrogen and oxygen atoms in total. The van der Waals surface area contributed by atoms with Crippen molar-refractivity contribution in [2.45, 2.75) is 12.3 Å². The van der Waals surface area contributed by atoms with E-state index in [-0.39, 0.29) is 29.9 Å². The Morgan fingerprint density at radius 1 is 1.00 bits per heavy atom. The lowest BCUT2D eigenvalue weighted by Crippen LogP contribution is -2.21. The van der Waals surface area contributed by atoms with Gasteiger partial charge >= 0.3 is 5.97 Å². The summed E-state index contributed by atoms with van der Waals surface area (Å²) in [5, 5.41) is 0. The van der Waals surface area contributed by atoms with Gasteiger partial charge in [-0.1, -0.05) is 12.1 Å². The minimum atomic E-state index is -0.333. The first-order chi connectivity index (χ1) is 15.6. The molecule has 0 spiro atoms. The summed E-state index contributed by atoms with van der Waals surface area (Å²) in [5.41, 5.74) is 2.65. The Labute approximate surface area is 184 Å². The van der Waals surface area contributed by atoms with Crippen LogP contribution in [0.3, 0.4) is 0 Å². The van der Waals surface area contributed by atoms with Gasteiger partial charge in [-0.15, -0.1) is 0 Å². The van der Waals surface area contributed by atoms with E-state index >= 15 is 0 Å². The number of hydrogen-bond donors (Lipinski definition) is 0. The lowest BCUT2D eigenvalue weighted by atomic mass is 9.85. The molecule has 32 heavy (non-hydrogen) atoms. The van der Waals surface area contributed by atoms with Crippen molar-refractivity contribution in [3.8, 4) is 23.0 Å². The number of ether oxygens (including phenoxy) is 4. The quantitative estimate of drug-likeness (QED) is 0.350. The van der Waals surface area contributed by atoms with Crippen molar-refractivity contribution in [1.29, 1.82) is 0 Å². The zero-order chi connectivity index (χ0) is 22.2. The van der Waals surface area contributed by atoms with Crippen LogP contribution in [-0.4, -0.2) is 31.0 Å². The van der Waals surface area contributed by atoms with Crippen LogP contribution < -0.4 is 18.9 Å². The summed E-state index contributed by atoms with van der Waals surface area (Å²) in [6, 6.07) is 12.4. The third-order valence-electron chi connectivity index (χ3n) is 5.61. The standard InChI is InChI=1S/C25H19NO6/c1-29-19-5-3-4-15(24(19)30-2)12-20-23(28)16-6-7-18-22(25(16)32-20)17(13-21(27)31-18)14-8-10-26-11-9-14/h3-12,17H,13H2,1-2H3/b20-12-. The number of nitrogens with zero attached hydrogens (tertiary/aromatic N) is 1. The normalized spacial score (nSPS) is 17.9. The van der Waals surface area contributed by atoms with Crippen LogP contribution in [-0.2, 0) is 4.79 Å². The zero-order valence-electron chi connectivity index (χ0n) is 17.5. The van der Waals surface area contributed by atoms with Gasteiger partial charge in [-0.2, -0.15) is 0 Å². The summed E-state index contributed by atoms with van der Waals surface area (Å²) in [4.78, 5) is 29.4. The van der Waals surface area contributed by atoms with Crippen LogP contribution in [0.4, 0.5) is 0 Å². The van der Waals surface area contributed by atoms with Crippen molar-refractivity contribution in [1.82, 2.24) is 4.98 Å². The van der Waals surface area contributed by atoms with Crippen LogP contribution >= 0.6 is 0 Å². The van der Waals surface area contributed by atoms with Crippen molar-refractivity contribution in [2.75, 3.05) is 14.2 Å². The van der Waals surface area contributed by atoms with Gasteiger partial charge in [0.2, 0.25) is 5.78 Å². The number of ketones is 1. The minimum absolute atomic E-state index is 0.147. The number of aromatic nitrogens is 1. The predicted molar refractivity (Wildman–Crippen MR) is 115 cm³/mol. The second kappa shape index (κ2) is 7.85. The number of esters is 1. The van der Waals surface area contributed by atoms with E-state index in [1.54, 1.807) is 49.8 Å². The Kier molecular flexibility index (Phi) is 4.86. The molecule has 0 saturated heterocycles. The Morgan fingerprint density at radius 2 is 1.81 bits per heavy atom. The topological polar surface area (TPSA) is 84.0 Å². The molecule has 0 aliphatic carbocycles. The number of carbonyl (C=O) groups is 2. The second-order valence-electron chi connectivity index (χ2n) is 7.39. The Balaban J connectivity index is 1.61. The maximum absolute atomic E-state index is 13.2. The van der Waals surface area contributed by atoms with Gasteiger partial charge < -0.3 is 18.9 Å². The van der Waals surface area contributed by atoms with Gasteiger partial charge in [0.25, 0.3) is 0 Å². The molecule has 0 N–H and O–H groups in total. The molecule has 0 bridgehead atoms. The number of rotatable bonds is 4. The summed E-state index contributed by atoms with van der Waals surface area (Å²) in [6.07, 6.45) is 5.12. The highest BCUT2D eigenvalue weighted by Crippen LogP contribution is 2.49. The van der Waals surface area contributed by atoms with E-state index in [0.717, 1.165) is 5.56 Å². The van der Waals surface area contributed by atoms with Gasteiger partial charge in [0.1, 0.15) is 11.5 Å². The summed E-state index contributed by atoms with van der Waals surface area (Å²) >= 11 is 0. The number of para-hydroxylation sites is 1. The molecule has 5 rings (SSSR count). The SMILES string of the molecule is COc1cccc(/C=C2\Oc3c(ccc4c3C(c3ccncc3)CC(=O)O4)C2=O)c1OC. The van der Waals surface area contributed by atoms with E-state index in [4.69, 9.17) is 18.9 Å². The average Bonchev–Trinajstić information content (AvgIpc) is 3.14. The van der Waals surface area contributed by atoms with Gasteiger partial charge in [0.05, 0.1) is 26.2 Å². The molecule has 2 aliphatic rings. The number of methoxy groups -OCH3 is 2. The van der Waals surface area contributed by atoms with Gasteiger partial charge in [-0.05, 0) is 42.0 Å². The molecule has 0 saturated carbocycles. The lowest BCUT2D eigenvalue weighted by molar-refractivity contribution is -0.135. The molecule has 7 heteroatoms. The van der Waals surface area contributed by atoms with Crippen LogP contribution in [0.1, 0.15) is 39.4 Å². The lowest BCUT2D eigenvalue weighted by Gasteiger charge is -2.26. The molecule has 0 amide bonds. The first-order valence-electron chi connectivity index (χ1n) is 10.0. The summed E-state index contributed by atoms with van der Waals surface area (Å²) in [7, 11) is 3.09. The number of hydrogen-bond acceptors (Lipinski definition) is 7. The van der Waals surface area contributed by atoms with Crippen molar-refractivity contribution in [3.63, 3.8) is 0 Å². The van der Waals surface area contributed by atoms with Gasteiger partial charge in [0.15, 0.2) is 17.3 Å². The van der Waals surface area contributed by atoms with Crippen molar-refractivity contribution in [2.24, 2.45) is 0 Å². The molecule has 0 radical (unpaired) electrons. The Morgan fingerprint density at radius 3 is 2.56 bits per heavy atom. The van der Waals surface area contributed by atoms with E-state index < -0.39 is 0 Å². The smallest absolute Gasteiger partial charge is 0.312 e. The van der Waals surface area contributed by atoms with Gasteiger partial charge in [-0.25, -0.2) is 0 Å². The monoisotopic (exact) mass is 429 g/mol. The number of fused-ring (bicyclic) bond motifs is 3. The largest absolute Gasteiger partial charge is 0.493 e. The maximum Gasteiger partial charge on any atom is 0.312 e. The van der Waals surface area contributed by atoms with Crippen LogP contribution in [0.2, 0.25) is 0 Å². The Hall–Kier alpha value is -4.13. The molecular formula is C25H19NO6. The highest BCUT2D eigenvalue weighted by molar-refractivity contribution is 6.15. The molecule has 1 atom stereocenters. The number of carbonyl (C=O) groups excluding carboxylic acids is 2. The van der Waals surface area contributed by atoms with E-state index in [9.17, 15) is 9.59 Å². The summed E-state index contributed by atoms with van der Waals surface area (Å²) < 4.78 is 22.4. The van der Waals surface area contributed by atoms with Crippen molar-refractivity contribution < 1.29 is 28.5 Å². The van der Waals surface area contributed by atoms with Crippen LogP contribution in [0.25, 0.3) is 6.08 Å². The highest BCUT2D eigenvalue weighted by atomic mass is 16.5. The third-order valence-corrected chi connectivity index (χ3v) is 5.61. The maximum atomic E-state index is 13.2. The van der Waals surface area contributed by atoms with E-state index in [1.165, 1.54) is 7.11 Å².